The highest BCUT2D eigenvalue weighted by Crippen LogP contribution is 2.59. The Morgan fingerprint density at radius 2 is 0.270 bits per heavy atom. The van der Waals surface area contributed by atoms with E-state index in [0.29, 0.717) is 75.8 Å². The van der Waals surface area contributed by atoms with Crippen LogP contribution in [0.1, 0.15) is 462 Å². The van der Waals surface area contributed by atoms with Crippen molar-refractivity contribution >= 4 is 0 Å². The summed E-state index contributed by atoms with van der Waals surface area (Å²) in [5.41, 5.74) is 0. The van der Waals surface area contributed by atoms with Crippen LogP contribution in [0.5, 0.6) is 0 Å². The molecular formula is C104H172F36O8. The van der Waals surface area contributed by atoms with E-state index in [1.165, 1.54) is 57.8 Å². The van der Waals surface area contributed by atoms with Crippen molar-refractivity contribution in [2.45, 2.75) is 582 Å². The average molecular weight is 2230 g/mol. The van der Waals surface area contributed by atoms with Gasteiger partial charge in [-0.25, -0.2) is 0 Å². The van der Waals surface area contributed by atoms with E-state index in [1.54, 1.807) is 0 Å². The van der Waals surface area contributed by atoms with Crippen molar-refractivity contribution < 1.29 is 196 Å². The molecule has 0 bridgehead atoms. The maximum absolute atomic E-state index is 13.5. The van der Waals surface area contributed by atoms with Crippen LogP contribution in [0.4, 0.5) is 158 Å². The first kappa shape index (κ1) is 143. The molecule has 0 saturated carbocycles. The van der Waals surface area contributed by atoms with E-state index in [1.807, 2.05) is 0 Å². The highest BCUT2D eigenvalue weighted by molar-refractivity contribution is 5.04. The van der Waals surface area contributed by atoms with Crippen LogP contribution in [-0.2, 0) is 37.9 Å². The lowest BCUT2D eigenvalue weighted by molar-refractivity contribution is -0.396. The van der Waals surface area contributed by atoms with Gasteiger partial charge in [-0.1, -0.05) is 295 Å². The van der Waals surface area contributed by atoms with E-state index in [4.69, 9.17) is 37.9 Å². The van der Waals surface area contributed by atoms with Crippen molar-refractivity contribution in [2.24, 2.45) is 0 Å². The van der Waals surface area contributed by atoms with Crippen LogP contribution in [0.3, 0.4) is 0 Å². The zero-order valence-corrected chi connectivity index (χ0v) is 86.6. The average Bonchev–Trinajstić information content (AvgIpc) is 0.919. The summed E-state index contributed by atoms with van der Waals surface area (Å²) < 4.78 is 506. The Labute approximate surface area is 854 Å². The lowest BCUT2D eigenvalue weighted by Crippen LogP contribution is -2.60. The van der Waals surface area contributed by atoms with Gasteiger partial charge in [0.2, 0.25) is 0 Å². The van der Waals surface area contributed by atoms with Crippen LogP contribution in [-0.4, -0.2) is 199 Å². The third-order valence-electron chi connectivity index (χ3n) is 27.4. The third-order valence-corrected chi connectivity index (χ3v) is 27.4. The summed E-state index contributed by atoms with van der Waals surface area (Å²) in [5, 5.41) is 0. The lowest BCUT2D eigenvalue weighted by Gasteiger charge is -2.33. The van der Waals surface area contributed by atoms with Crippen LogP contribution in [0.25, 0.3) is 0 Å². The Hall–Kier alpha value is -2.84. The fourth-order valence-corrected chi connectivity index (χ4v) is 17.7. The molecule has 8 nitrogen and oxygen atoms in total. The maximum Gasteiger partial charge on any atom is 0.460 e. The Kier molecular flexibility index (Phi) is 73.5. The quantitative estimate of drug-likeness (QED) is 0.0441. The number of hydrogen-bond acceptors (Lipinski definition) is 8. The Morgan fingerprint density at radius 1 is 0.142 bits per heavy atom. The predicted octanol–water partition coefficient (Wildman–Crippen LogP) is 39.6. The second-order valence-electron chi connectivity index (χ2n) is 40.3. The fourth-order valence-electron chi connectivity index (χ4n) is 17.7. The van der Waals surface area contributed by atoms with Crippen molar-refractivity contribution in [3.8, 4) is 0 Å². The van der Waals surface area contributed by atoms with Crippen LogP contribution in [0, 0.1) is 0 Å². The molecule has 0 N–H and O–H groups in total. The van der Waals surface area contributed by atoms with E-state index < -0.39 is 147 Å². The van der Waals surface area contributed by atoms with Gasteiger partial charge in [-0.05, 0) is 141 Å². The molecule has 0 aliphatic carbocycles. The molecule has 0 aromatic carbocycles. The molecular weight excluding hydrogens is 2060 g/mol. The highest BCUT2D eigenvalue weighted by Gasteiger charge is 2.84. The second kappa shape index (κ2) is 76.0. The van der Waals surface area contributed by atoms with Crippen molar-refractivity contribution in [1.29, 1.82) is 0 Å². The molecule has 0 aromatic rings. The highest BCUT2D eigenvalue weighted by atomic mass is 19.5. The standard InChI is InChI=1S/C27H45F9O2.2C26H43F9O2.C25H41F9O2/c28-24(29,25(30,31)26(32,33)27(34,35)36)19-14-11-9-7-5-3-1-2-4-6-8-10-12-15-20-37-22-18-23-17-13-16-21-38-23;27-23(28,24(29,30)25(31,32)26(33,34)35)18-13-10-8-6-4-2-1-3-5-7-9-11-14-19-36-21-17-22-16-12-15-20-37-22;27-23(28,24(29,30)25(31,32)26(33,34)35)18-13-11-9-7-5-3-1-2-4-6-8-10-12-14-19-36-21-17-22-16-15-20-37-22;26-22(27,23(28,29)24(30,31)25(32,33)34)17-12-10-8-6-4-2-1-3-5-7-9-11-13-18-35-20-16-21-15-14-19-36-21/h23H,1-22H2;2*22H,1-21H2;21H,1-20H2. The first-order chi connectivity index (χ1) is 69.3. The van der Waals surface area contributed by atoms with Gasteiger partial charge in [0.1, 0.15) is 0 Å². The minimum atomic E-state index is -6.79. The smallest absolute Gasteiger partial charge is 0.381 e. The number of alkyl halides is 36. The van der Waals surface area contributed by atoms with Gasteiger partial charge in [0.25, 0.3) is 0 Å². The first-order valence-corrected chi connectivity index (χ1v) is 54.9. The number of ether oxygens (including phenoxy) is 8. The van der Waals surface area contributed by atoms with Gasteiger partial charge in [0, 0.05) is 105 Å². The summed E-state index contributed by atoms with van der Waals surface area (Å²) in [6.07, 6.45) is 26.6. The molecule has 4 saturated heterocycles. The molecule has 0 radical (unpaired) electrons. The van der Waals surface area contributed by atoms with E-state index >= 15 is 0 Å². The van der Waals surface area contributed by atoms with E-state index in [0.717, 1.165) is 355 Å². The SMILES string of the molecule is FC(F)(F)C(F)(F)C(F)(F)C(F)(F)CCCCCCCCCCCCCCCCOCCC1CCCCO1.FC(F)(F)C(F)(F)C(F)(F)C(F)(F)CCCCCCCCCCCCCCCCOCCC1CCCO1.FC(F)(F)C(F)(F)C(F)(F)C(F)(F)CCCCCCCCCCCCCCCOCCC1CCCCO1.FC(F)(F)C(F)(F)C(F)(F)C(F)(F)CCCCCCCCCCCCCCCOCCC1CCCO1. The summed E-state index contributed by atoms with van der Waals surface area (Å²) in [5.74, 6) is -74.9. The largest absolute Gasteiger partial charge is 0.460 e. The molecule has 0 spiro atoms. The van der Waals surface area contributed by atoms with E-state index in [9.17, 15) is 158 Å². The number of rotatable bonds is 86. The van der Waals surface area contributed by atoms with E-state index in [-0.39, 0.29) is 25.7 Å². The minimum Gasteiger partial charge on any atom is -0.381 e. The van der Waals surface area contributed by atoms with Crippen molar-refractivity contribution in [3.05, 3.63) is 0 Å². The lowest BCUT2D eigenvalue weighted by atomic mass is 9.97. The summed E-state index contributed by atoms with van der Waals surface area (Å²) in [4.78, 5) is 0. The summed E-state index contributed by atoms with van der Waals surface area (Å²) >= 11 is 0. The number of hydrogen-bond donors (Lipinski definition) is 0. The molecule has 148 heavy (non-hydrogen) atoms. The predicted molar refractivity (Wildman–Crippen MR) is 498 cm³/mol. The zero-order chi connectivity index (χ0) is 111. The topological polar surface area (TPSA) is 73.8 Å². The molecule has 4 aliphatic heterocycles. The van der Waals surface area contributed by atoms with Gasteiger partial charge in [-0.3, -0.25) is 0 Å². The molecule has 44 heteroatoms. The zero-order valence-electron chi connectivity index (χ0n) is 86.6. The summed E-state index contributed by atoms with van der Waals surface area (Å²) in [7, 11) is 0. The fraction of sp³-hybridized carbons (Fsp3) is 1.00. The van der Waals surface area contributed by atoms with Crippen molar-refractivity contribution in [3.63, 3.8) is 0 Å². The molecule has 0 amide bonds. The molecule has 4 heterocycles. The number of unbranched alkanes of at least 4 members (excludes halogenated alkanes) is 50. The summed E-state index contributed by atoms with van der Waals surface area (Å²) in [6.45, 7) is 9.71. The Balaban J connectivity index is 0.000000987. The van der Waals surface area contributed by atoms with Crippen LogP contribution in [0.2, 0.25) is 0 Å². The Morgan fingerprint density at radius 3 is 0.392 bits per heavy atom. The molecule has 4 fully saturated rings. The molecule has 4 rings (SSSR count). The monoisotopic (exact) mass is 2230 g/mol. The van der Waals surface area contributed by atoms with Crippen LogP contribution in [0.15, 0.2) is 0 Å². The molecule has 0 aromatic heterocycles. The normalized spacial score (nSPS) is 17.8. The molecule has 4 aliphatic rings. The van der Waals surface area contributed by atoms with Gasteiger partial charge in [0.05, 0.1) is 24.4 Å². The summed E-state index contributed by atoms with van der Waals surface area (Å²) in [6, 6.07) is 0. The Bertz CT molecular complexity index is 3110. The first-order valence-electron chi connectivity index (χ1n) is 54.9. The minimum absolute atomic E-state index is 0.0708. The molecule has 888 valence electrons. The van der Waals surface area contributed by atoms with Crippen LogP contribution < -0.4 is 0 Å². The third kappa shape index (κ3) is 57.1. The van der Waals surface area contributed by atoms with Crippen molar-refractivity contribution in [2.75, 3.05) is 79.3 Å². The van der Waals surface area contributed by atoms with Crippen molar-refractivity contribution in [1.82, 2.24) is 0 Å². The maximum atomic E-state index is 13.5. The molecule has 4 unspecified atom stereocenters. The second-order valence-corrected chi connectivity index (χ2v) is 40.3. The van der Waals surface area contributed by atoms with Gasteiger partial charge < -0.3 is 37.9 Å². The molecule has 4 atom stereocenters. The van der Waals surface area contributed by atoms with Gasteiger partial charge >= 0.3 is 95.8 Å². The van der Waals surface area contributed by atoms with Crippen LogP contribution >= 0.6 is 0 Å². The van der Waals surface area contributed by atoms with Gasteiger partial charge in [-0.2, -0.15) is 158 Å². The van der Waals surface area contributed by atoms with Gasteiger partial charge in [0.15, 0.2) is 0 Å². The van der Waals surface area contributed by atoms with E-state index in [2.05, 4.69) is 0 Å². The number of halogens is 36. The van der Waals surface area contributed by atoms with Gasteiger partial charge in [-0.15, -0.1) is 0 Å².